The lowest BCUT2D eigenvalue weighted by Crippen LogP contribution is -2.40. The molecule has 1 aliphatic carbocycles. The van der Waals surface area contributed by atoms with E-state index in [-0.39, 0.29) is 17.9 Å². The van der Waals surface area contributed by atoms with E-state index in [0.29, 0.717) is 23.3 Å². The highest BCUT2D eigenvalue weighted by molar-refractivity contribution is 6.05. The molecule has 0 spiro atoms. The van der Waals surface area contributed by atoms with Crippen molar-refractivity contribution in [1.29, 1.82) is 0 Å². The predicted octanol–water partition coefficient (Wildman–Crippen LogP) is 1.55. The zero-order valence-corrected chi connectivity index (χ0v) is 13.4. The molecule has 23 heavy (non-hydrogen) atoms. The zero-order chi connectivity index (χ0) is 16.2. The molecule has 0 radical (unpaired) electrons. The van der Waals surface area contributed by atoms with E-state index in [9.17, 15) is 9.59 Å². The third-order valence-corrected chi connectivity index (χ3v) is 4.28. The SMILES string of the molecule is CCCC1CC(C(=O)Nc2ccccc2C(=O)NC2CC2)NN1. The third kappa shape index (κ3) is 4.09. The fourth-order valence-corrected chi connectivity index (χ4v) is 2.83. The molecule has 0 bridgehead atoms. The highest BCUT2D eigenvalue weighted by Gasteiger charge is 2.30. The lowest BCUT2D eigenvalue weighted by Gasteiger charge is -2.14. The van der Waals surface area contributed by atoms with Gasteiger partial charge in [0.05, 0.1) is 11.3 Å². The van der Waals surface area contributed by atoms with E-state index >= 15 is 0 Å². The Morgan fingerprint density at radius 2 is 2.00 bits per heavy atom. The quantitative estimate of drug-likeness (QED) is 0.642. The highest BCUT2D eigenvalue weighted by Crippen LogP contribution is 2.22. The Kier molecular flexibility index (Phi) is 4.93. The molecule has 2 atom stereocenters. The maximum atomic E-state index is 12.4. The van der Waals surface area contributed by atoms with Crippen molar-refractivity contribution in [3.05, 3.63) is 29.8 Å². The Balaban J connectivity index is 1.63. The smallest absolute Gasteiger partial charge is 0.253 e. The van der Waals surface area contributed by atoms with Crippen LogP contribution in [0.2, 0.25) is 0 Å². The lowest BCUT2D eigenvalue weighted by molar-refractivity contribution is -0.117. The maximum Gasteiger partial charge on any atom is 0.253 e. The van der Waals surface area contributed by atoms with Crippen molar-refractivity contribution in [2.24, 2.45) is 0 Å². The Hall–Kier alpha value is -1.92. The number of benzene rings is 1. The summed E-state index contributed by atoms with van der Waals surface area (Å²) in [5, 5.41) is 5.85. The van der Waals surface area contributed by atoms with Crippen molar-refractivity contribution >= 4 is 17.5 Å². The zero-order valence-electron chi connectivity index (χ0n) is 13.4. The van der Waals surface area contributed by atoms with Gasteiger partial charge < -0.3 is 10.6 Å². The number of hydrogen-bond donors (Lipinski definition) is 4. The first-order chi connectivity index (χ1) is 11.2. The molecular formula is C17H24N4O2. The summed E-state index contributed by atoms with van der Waals surface area (Å²) in [6.07, 6.45) is 4.96. The van der Waals surface area contributed by atoms with Crippen LogP contribution in [-0.2, 0) is 4.79 Å². The first-order valence-corrected chi connectivity index (χ1v) is 8.39. The number of nitrogens with one attached hydrogen (secondary N) is 4. The second kappa shape index (κ2) is 7.10. The monoisotopic (exact) mass is 316 g/mol. The Morgan fingerprint density at radius 3 is 2.74 bits per heavy atom. The number of carbonyl (C=O) groups excluding carboxylic acids is 2. The van der Waals surface area contributed by atoms with Gasteiger partial charge in [-0.3, -0.25) is 15.0 Å². The fourth-order valence-electron chi connectivity index (χ4n) is 2.83. The molecule has 0 aromatic heterocycles. The van der Waals surface area contributed by atoms with Crippen molar-refractivity contribution in [2.75, 3.05) is 5.32 Å². The molecule has 124 valence electrons. The van der Waals surface area contributed by atoms with Crippen LogP contribution in [0.4, 0.5) is 5.69 Å². The molecule has 2 amide bonds. The molecule has 1 aliphatic heterocycles. The molecule has 2 aliphatic rings. The number of carbonyl (C=O) groups is 2. The van der Waals surface area contributed by atoms with E-state index in [4.69, 9.17) is 0 Å². The molecule has 1 saturated carbocycles. The van der Waals surface area contributed by atoms with Gasteiger partial charge in [-0.05, 0) is 37.8 Å². The van der Waals surface area contributed by atoms with Crippen molar-refractivity contribution < 1.29 is 9.59 Å². The molecule has 1 aromatic carbocycles. The summed E-state index contributed by atoms with van der Waals surface area (Å²) >= 11 is 0. The van der Waals surface area contributed by atoms with Crippen LogP contribution in [0, 0.1) is 0 Å². The van der Waals surface area contributed by atoms with Crippen LogP contribution < -0.4 is 21.5 Å². The van der Waals surface area contributed by atoms with Crippen molar-refractivity contribution in [1.82, 2.24) is 16.2 Å². The Morgan fingerprint density at radius 1 is 1.22 bits per heavy atom. The fraction of sp³-hybridized carbons (Fsp3) is 0.529. The number of hydrogen-bond acceptors (Lipinski definition) is 4. The number of para-hydroxylation sites is 1. The summed E-state index contributed by atoms with van der Waals surface area (Å²) in [6, 6.07) is 7.49. The third-order valence-electron chi connectivity index (χ3n) is 4.28. The average molecular weight is 316 g/mol. The minimum atomic E-state index is -0.272. The van der Waals surface area contributed by atoms with Gasteiger partial charge in [-0.1, -0.05) is 25.5 Å². The van der Waals surface area contributed by atoms with Crippen molar-refractivity contribution in [2.45, 2.75) is 57.2 Å². The average Bonchev–Trinajstić information content (AvgIpc) is 3.23. The first-order valence-electron chi connectivity index (χ1n) is 8.39. The molecule has 6 heteroatoms. The molecule has 2 unspecified atom stereocenters. The van der Waals surface area contributed by atoms with Crippen LogP contribution in [0.1, 0.15) is 49.4 Å². The van der Waals surface area contributed by atoms with Gasteiger partial charge in [-0.15, -0.1) is 0 Å². The summed E-state index contributed by atoms with van der Waals surface area (Å²) in [5.41, 5.74) is 7.28. The second-order valence-electron chi connectivity index (χ2n) is 6.35. The van der Waals surface area contributed by atoms with E-state index in [1.165, 1.54) is 0 Å². The van der Waals surface area contributed by atoms with Crippen LogP contribution in [-0.4, -0.2) is 29.9 Å². The Bertz CT molecular complexity index is 586. The molecule has 4 N–H and O–H groups in total. The number of amides is 2. The lowest BCUT2D eigenvalue weighted by atomic mass is 10.1. The summed E-state index contributed by atoms with van der Waals surface area (Å²) in [4.78, 5) is 24.7. The van der Waals surface area contributed by atoms with Crippen LogP contribution >= 0.6 is 0 Å². The van der Waals surface area contributed by atoms with E-state index in [1.54, 1.807) is 12.1 Å². The van der Waals surface area contributed by atoms with Gasteiger partial charge in [-0.2, -0.15) is 0 Å². The standard InChI is InChI=1S/C17H24N4O2/c1-2-5-12-10-15(21-20-12)17(23)19-14-7-4-3-6-13(14)16(22)18-11-8-9-11/h3-4,6-7,11-12,15,20-21H,2,5,8-10H2,1H3,(H,18,22)(H,19,23). The number of hydrazine groups is 1. The van der Waals surface area contributed by atoms with Gasteiger partial charge in [0.2, 0.25) is 5.91 Å². The molecule has 1 saturated heterocycles. The van der Waals surface area contributed by atoms with E-state index in [2.05, 4.69) is 28.4 Å². The van der Waals surface area contributed by atoms with E-state index < -0.39 is 0 Å². The minimum absolute atomic E-state index is 0.109. The van der Waals surface area contributed by atoms with E-state index in [0.717, 1.165) is 32.1 Å². The molecule has 1 aromatic rings. The minimum Gasteiger partial charge on any atom is -0.349 e. The predicted molar refractivity (Wildman–Crippen MR) is 88.9 cm³/mol. The normalized spacial score (nSPS) is 23.5. The summed E-state index contributed by atoms with van der Waals surface area (Å²) in [6.45, 7) is 2.13. The van der Waals surface area contributed by atoms with Crippen LogP contribution in [0.5, 0.6) is 0 Å². The van der Waals surface area contributed by atoms with Gasteiger partial charge in [-0.25, -0.2) is 5.43 Å². The van der Waals surface area contributed by atoms with Gasteiger partial charge in [0.15, 0.2) is 0 Å². The maximum absolute atomic E-state index is 12.4. The molecular weight excluding hydrogens is 292 g/mol. The number of rotatable bonds is 6. The first kappa shape index (κ1) is 16.0. The molecule has 6 nitrogen and oxygen atoms in total. The van der Waals surface area contributed by atoms with Crippen LogP contribution in [0.25, 0.3) is 0 Å². The summed E-state index contributed by atoms with van der Waals surface area (Å²) < 4.78 is 0. The molecule has 3 rings (SSSR count). The summed E-state index contributed by atoms with van der Waals surface area (Å²) in [5.74, 6) is -0.229. The van der Waals surface area contributed by atoms with Crippen molar-refractivity contribution in [3.63, 3.8) is 0 Å². The number of anilines is 1. The van der Waals surface area contributed by atoms with Gasteiger partial charge in [0.1, 0.15) is 6.04 Å². The van der Waals surface area contributed by atoms with Crippen LogP contribution in [0.15, 0.2) is 24.3 Å². The van der Waals surface area contributed by atoms with Crippen molar-refractivity contribution in [3.8, 4) is 0 Å². The summed E-state index contributed by atoms with van der Waals surface area (Å²) in [7, 11) is 0. The largest absolute Gasteiger partial charge is 0.349 e. The second-order valence-corrected chi connectivity index (χ2v) is 6.35. The van der Waals surface area contributed by atoms with E-state index in [1.807, 2.05) is 12.1 Å². The van der Waals surface area contributed by atoms with Crippen LogP contribution in [0.3, 0.4) is 0 Å². The molecule has 2 fully saturated rings. The molecule has 1 heterocycles. The van der Waals surface area contributed by atoms with Gasteiger partial charge >= 0.3 is 0 Å². The highest BCUT2D eigenvalue weighted by atomic mass is 16.2. The Labute approximate surface area is 136 Å². The van der Waals surface area contributed by atoms with Gasteiger partial charge in [0, 0.05) is 12.1 Å². The topological polar surface area (TPSA) is 82.3 Å². The van der Waals surface area contributed by atoms with Gasteiger partial charge in [0.25, 0.3) is 5.91 Å².